The van der Waals surface area contributed by atoms with Crippen LogP contribution in [0.5, 0.6) is 11.5 Å². The smallest absolute Gasteiger partial charge is 0.161 e. The Morgan fingerprint density at radius 2 is 1.88 bits per heavy atom. The molecule has 136 valence electrons. The molecule has 2 atom stereocenters. The number of anilines is 1. The Morgan fingerprint density at radius 1 is 1.12 bits per heavy atom. The first kappa shape index (κ1) is 19.1. The summed E-state index contributed by atoms with van der Waals surface area (Å²) in [4.78, 5) is 0. The number of hydrogen-bond donors (Lipinski definition) is 4. The van der Waals surface area contributed by atoms with Crippen molar-refractivity contribution in [3.05, 3.63) is 53.6 Å². The van der Waals surface area contributed by atoms with Crippen LogP contribution >= 0.6 is 0 Å². The molecule has 0 amide bonds. The summed E-state index contributed by atoms with van der Waals surface area (Å²) in [5.41, 5.74) is 14.4. The molecule has 0 aliphatic rings. The Kier molecular flexibility index (Phi) is 7.06. The van der Waals surface area contributed by atoms with Crippen LogP contribution in [0.25, 0.3) is 0 Å². The normalized spacial score (nSPS) is 13.2. The highest BCUT2D eigenvalue weighted by atomic mass is 16.5. The molecular formula is C19H27N3O3. The largest absolute Gasteiger partial charge is 0.490 e. The lowest BCUT2D eigenvalue weighted by Gasteiger charge is -2.19. The Morgan fingerprint density at radius 3 is 2.56 bits per heavy atom. The van der Waals surface area contributed by atoms with Crippen LogP contribution in [0.3, 0.4) is 0 Å². The van der Waals surface area contributed by atoms with Gasteiger partial charge >= 0.3 is 0 Å². The van der Waals surface area contributed by atoms with Gasteiger partial charge in [0.05, 0.1) is 6.61 Å². The third-order valence-electron chi connectivity index (χ3n) is 3.81. The number of para-hydroxylation sites is 1. The highest BCUT2D eigenvalue weighted by Gasteiger charge is 2.13. The van der Waals surface area contributed by atoms with Gasteiger partial charge in [-0.1, -0.05) is 24.3 Å². The van der Waals surface area contributed by atoms with Crippen molar-refractivity contribution in [2.75, 3.05) is 25.1 Å². The van der Waals surface area contributed by atoms with E-state index in [2.05, 4.69) is 5.32 Å². The number of aliphatic hydroxyl groups excluding tert-OH is 1. The van der Waals surface area contributed by atoms with Gasteiger partial charge in [0.25, 0.3) is 0 Å². The lowest BCUT2D eigenvalue weighted by molar-refractivity contribution is 0.126. The third kappa shape index (κ3) is 5.35. The van der Waals surface area contributed by atoms with Crippen molar-refractivity contribution in [3.63, 3.8) is 0 Å². The third-order valence-corrected chi connectivity index (χ3v) is 3.81. The molecule has 2 aromatic rings. The van der Waals surface area contributed by atoms with Crippen LogP contribution in [0.15, 0.2) is 42.5 Å². The van der Waals surface area contributed by atoms with Crippen LogP contribution in [0.4, 0.5) is 5.69 Å². The second-order valence-corrected chi connectivity index (χ2v) is 5.77. The van der Waals surface area contributed by atoms with Gasteiger partial charge in [-0.25, -0.2) is 0 Å². The summed E-state index contributed by atoms with van der Waals surface area (Å²) in [6, 6.07) is 13.0. The fraction of sp³-hybridized carbons (Fsp3) is 0.368. The topological polar surface area (TPSA) is 103 Å². The molecule has 6 nitrogen and oxygen atoms in total. The standard InChI is InChI=1S/C19H27N3O3/c1-3-24-18-10-14(15(21)11-20)8-9-17(18)25-12-19(23)22-16-7-5-4-6-13(16)2/h4-10,15,19,22-23H,3,11-12,20-21H2,1-2H3. The molecule has 2 unspecified atom stereocenters. The van der Waals surface area contributed by atoms with Gasteiger partial charge in [0.2, 0.25) is 0 Å². The van der Waals surface area contributed by atoms with E-state index in [1.54, 1.807) is 6.07 Å². The minimum Gasteiger partial charge on any atom is -0.490 e. The molecular weight excluding hydrogens is 318 g/mol. The van der Waals surface area contributed by atoms with Crippen LogP contribution in [0.1, 0.15) is 24.1 Å². The van der Waals surface area contributed by atoms with Crippen molar-refractivity contribution in [3.8, 4) is 11.5 Å². The Balaban J connectivity index is 2.02. The van der Waals surface area contributed by atoms with Gasteiger partial charge in [-0.15, -0.1) is 0 Å². The van der Waals surface area contributed by atoms with Gasteiger partial charge < -0.3 is 31.4 Å². The zero-order valence-corrected chi connectivity index (χ0v) is 14.7. The number of nitrogens with two attached hydrogens (primary N) is 2. The molecule has 0 heterocycles. The van der Waals surface area contributed by atoms with Gasteiger partial charge in [0.1, 0.15) is 6.61 Å². The lowest BCUT2D eigenvalue weighted by atomic mass is 10.1. The number of benzene rings is 2. The number of nitrogens with one attached hydrogen (secondary N) is 1. The molecule has 0 aliphatic carbocycles. The predicted octanol–water partition coefficient (Wildman–Crippen LogP) is 2.16. The van der Waals surface area contributed by atoms with Gasteiger partial charge in [-0.3, -0.25) is 0 Å². The molecule has 0 aliphatic heterocycles. The van der Waals surface area contributed by atoms with Crippen LogP contribution in [-0.4, -0.2) is 31.1 Å². The fourth-order valence-corrected chi connectivity index (χ4v) is 2.40. The van der Waals surface area contributed by atoms with Crippen LogP contribution in [-0.2, 0) is 0 Å². The van der Waals surface area contributed by atoms with E-state index >= 15 is 0 Å². The lowest BCUT2D eigenvalue weighted by Crippen LogP contribution is -2.27. The zero-order chi connectivity index (χ0) is 18.2. The Hall–Kier alpha value is -2.28. The van der Waals surface area contributed by atoms with Gasteiger partial charge in [-0.2, -0.15) is 0 Å². The number of aryl methyl sites for hydroxylation is 1. The molecule has 2 aromatic carbocycles. The average molecular weight is 345 g/mol. The molecule has 6 heteroatoms. The molecule has 2 rings (SSSR count). The van der Waals surface area contributed by atoms with Crippen molar-refractivity contribution >= 4 is 5.69 Å². The maximum atomic E-state index is 10.2. The van der Waals surface area contributed by atoms with Gasteiger partial charge in [-0.05, 0) is 43.2 Å². The molecule has 6 N–H and O–H groups in total. The van der Waals surface area contributed by atoms with Crippen LogP contribution in [0, 0.1) is 6.92 Å². The molecule has 0 saturated heterocycles. The first-order chi connectivity index (χ1) is 12.0. The molecule has 0 aromatic heterocycles. The van der Waals surface area contributed by atoms with E-state index in [1.807, 2.05) is 50.2 Å². The summed E-state index contributed by atoms with van der Waals surface area (Å²) >= 11 is 0. The van der Waals surface area contributed by atoms with Crippen LogP contribution in [0.2, 0.25) is 0 Å². The van der Waals surface area contributed by atoms with E-state index in [0.29, 0.717) is 24.7 Å². The fourth-order valence-electron chi connectivity index (χ4n) is 2.40. The van der Waals surface area contributed by atoms with Crippen molar-refractivity contribution in [2.24, 2.45) is 11.5 Å². The quantitative estimate of drug-likeness (QED) is 0.519. The van der Waals surface area contributed by atoms with Crippen molar-refractivity contribution in [1.82, 2.24) is 0 Å². The molecule has 25 heavy (non-hydrogen) atoms. The van der Waals surface area contributed by atoms with Crippen molar-refractivity contribution in [2.45, 2.75) is 26.1 Å². The second-order valence-electron chi connectivity index (χ2n) is 5.77. The summed E-state index contributed by atoms with van der Waals surface area (Å²) < 4.78 is 11.3. The number of ether oxygens (including phenoxy) is 2. The first-order valence-corrected chi connectivity index (χ1v) is 8.40. The minimum absolute atomic E-state index is 0.0801. The maximum absolute atomic E-state index is 10.2. The molecule has 0 spiro atoms. The number of rotatable bonds is 9. The van der Waals surface area contributed by atoms with Crippen LogP contribution < -0.4 is 26.3 Å². The van der Waals surface area contributed by atoms with E-state index in [4.69, 9.17) is 20.9 Å². The summed E-state index contributed by atoms with van der Waals surface area (Å²) in [5.74, 6) is 1.15. The van der Waals surface area contributed by atoms with Gasteiger partial charge in [0.15, 0.2) is 17.7 Å². The minimum atomic E-state index is -0.846. The Labute approximate surface area is 148 Å². The highest BCUT2D eigenvalue weighted by Crippen LogP contribution is 2.30. The summed E-state index contributed by atoms with van der Waals surface area (Å²) in [5, 5.41) is 13.2. The second kappa shape index (κ2) is 9.27. The van der Waals surface area contributed by atoms with E-state index < -0.39 is 6.23 Å². The molecule has 0 bridgehead atoms. The first-order valence-electron chi connectivity index (χ1n) is 8.40. The monoisotopic (exact) mass is 345 g/mol. The molecule has 0 fully saturated rings. The van der Waals surface area contributed by atoms with E-state index in [1.165, 1.54) is 0 Å². The van der Waals surface area contributed by atoms with Crippen molar-refractivity contribution in [1.29, 1.82) is 0 Å². The highest BCUT2D eigenvalue weighted by molar-refractivity contribution is 5.50. The van der Waals surface area contributed by atoms with E-state index in [9.17, 15) is 5.11 Å². The SMILES string of the molecule is CCOc1cc(C(N)CN)ccc1OCC(O)Nc1ccccc1C. The number of aliphatic hydroxyl groups is 1. The molecule has 0 radical (unpaired) electrons. The zero-order valence-electron chi connectivity index (χ0n) is 14.7. The van der Waals surface area contributed by atoms with Crippen molar-refractivity contribution < 1.29 is 14.6 Å². The summed E-state index contributed by atoms with van der Waals surface area (Å²) in [6.45, 7) is 4.81. The van der Waals surface area contributed by atoms with E-state index in [0.717, 1.165) is 16.8 Å². The summed E-state index contributed by atoms with van der Waals surface area (Å²) in [7, 11) is 0. The number of hydrogen-bond acceptors (Lipinski definition) is 6. The molecule has 0 saturated carbocycles. The summed E-state index contributed by atoms with van der Waals surface area (Å²) in [6.07, 6.45) is -0.846. The van der Waals surface area contributed by atoms with E-state index in [-0.39, 0.29) is 12.6 Å². The maximum Gasteiger partial charge on any atom is 0.161 e. The predicted molar refractivity (Wildman–Crippen MR) is 99.9 cm³/mol. The average Bonchev–Trinajstić information content (AvgIpc) is 2.62. The van der Waals surface area contributed by atoms with Gasteiger partial charge in [0, 0.05) is 18.3 Å². The Bertz CT molecular complexity index is 679.